The molecule has 0 spiro atoms. The summed E-state index contributed by atoms with van der Waals surface area (Å²) in [6.07, 6.45) is -0.751. The number of benzene rings is 1. The lowest BCUT2D eigenvalue weighted by Gasteiger charge is -2.06. The molecule has 18 heavy (non-hydrogen) atoms. The lowest BCUT2D eigenvalue weighted by atomic mass is 10.2. The molecule has 0 aliphatic heterocycles. The molecule has 6 heteroatoms. The van der Waals surface area contributed by atoms with Crippen LogP contribution in [0.15, 0.2) is 30.3 Å². The van der Waals surface area contributed by atoms with Crippen molar-refractivity contribution >= 4 is 18.0 Å². The van der Waals surface area contributed by atoms with Gasteiger partial charge in [-0.1, -0.05) is 30.3 Å². The van der Waals surface area contributed by atoms with E-state index in [0.717, 1.165) is 12.5 Å². The maximum atomic E-state index is 11.2. The van der Waals surface area contributed by atoms with Crippen molar-refractivity contribution in [2.45, 2.75) is 13.5 Å². The molecule has 0 radical (unpaired) electrons. The number of alkyl carbamates (subject to hydrolysis) is 1. The van der Waals surface area contributed by atoms with Crippen molar-refractivity contribution in [1.82, 2.24) is 5.32 Å². The number of hydrogen-bond donors (Lipinski definition) is 1. The van der Waals surface area contributed by atoms with Crippen LogP contribution in [0.25, 0.3) is 0 Å². The highest BCUT2D eigenvalue weighted by molar-refractivity contribution is 5.86. The average molecular weight is 251 g/mol. The Labute approximate surface area is 104 Å². The smallest absolute Gasteiger partial charge is 0.407 e. The van der Waals surface area contributed by atoms with E-state index in [0.29, 0.717) is 0 Å². The molecule has 0 heterocycles. The van der Waals surface area contributed by atoms with Crippen molar-refractivity contribution in [3.05, 3.63) is 35.9 Å². The van der Waals surface area contributed by atoms with Crippen LogP contribution >= 0.6 is 0 Å². The summed E-state index contributed by atoms with van der Waals surface area (Å²) in [6.45, 7) is 0.799. The van der Waals surface area contributed by atoms with Crippen molar-refractivity contribution in [3.63, 3.8) is 0 Å². The summed E-state index contributed by atoms with van der Waals surface area (Å²) < 4.78 is 9.06. The second kappa shape index (κ2) is 7.05. The van der Waals surface area contributed by atoms with Crippen LogP contribution in [0.3, 0.4) is 0 Å². The van der Waals surface area contributed by atoms with Gasteiger partial charge in [-0.05, 0) is 5.56 Å². The van der Waals surface area contributed by atoms with Crippen LogP contribution in [0.5, 0.6) is 0 Å². The number of hydrogen-bond acceptors (Lipinski definition) is 5. The summed E-state index contributed by atoms with van der Waals surface area (Å²) in [5.74, 6) is -1.56. The van der Waals surface area contributed by atoms with Crippen LogP contribution in [0.2, 0.25) is 0 Å². The fourth-order valence-electron chi connectivity index (χ4n) is 1.11. The fraction of sp³-hybridized carbons (Fsp3) is 0.250. The third-order valence-corrected chi connectivity index (χ3v) is 1.85. The molecule has 1 N–H and O–H groups in total. The zero-order valence-electron chi connectivity index (χ0n) is 9.84. The fourth-order valence-corrected chi connectivity index (χ4v) is 1.11. The Morgan fingerprint density at radius 3 is 2.44 bits per heavy atom. The Morgan fingerprint density at radius 1 is 1.17 bits per heavy atom. The Bertz CT molecular complexity index is 429. The summed E-state index contributed by atoms with van der Waals surface area (Å²) >= 11 is 0. The molecule has 0 atom stereocenters. The molecule has 0 aromatic heterocycles. The van der Waals surface area contributed by atoms with Gasteiger partial charge in [0.1, 0.15) is 13.2 Å². The zero-order chi connectivity index (χ0) is 13.4. The van der Waals surface area contributed by atoms with Gasteiger partial charge in [-0.2, -0.15) is 0 Å². The molecular formula is C12H13NO5. The molecule has 0 saturated heterocycles. The molecule has 96 valence electrons. The highest BCUT2D eigenvalue weighted by Gasteiger charge is 2.09. The first-order valence-electron chi connectivity index (χ1n) is 5.23. The molecule has 0 fully saturated rings. The lowest BCUT2D eigenvalue weighted by molar-refractivity contribution is -0.157. The molecule has 1 aromatic carbocycles. The number of rotatable bonds is 4. The van der Waals surface area contributed by atoms with E-state index in [1.54, 1.807) is 12.1 Å². The van der Waals surface area contributed by atoms with Gasteiger partial charge in [0.2, 0.25) is 0 Å². The minimum atomic E-state index is -0.834. The van der Waals surface area contributed by atoms with E-state index in [1.165, 1.54) is 0 Å². The summed E-state index contributed by atoms with van der Waals surface area (Å²) in [5, 5.41) is 2.17. The molecule has 0 bridgehead atoms. The van der Waals surface area contributed by atoms with Crippen LogP contribution in [0.1, 0.15) is 12.5 Å². The van der Waals surface area contributed by atoms with Crippen molar-refractivity contribution in [2.75, 3.05) is 6.54 Å². The van der Waals surface area contributed by atoms with Crippen LogP contribution in [0.4, 0.5) is 4.79 Å². The van der Waals surface area contributed by atoms with Gasteiger partial charge in [-0.15, -0.1) is 0 Å². The summed E-state index contributed by atoms with van der Waals surface area (Å²) in [6, 6.07) is 9.09. The van der Waals surface area contributed by atoms with Crippen LogP contribution < -0.4 is 5.32 Å². The number of amides is 1. The topological polar surface area (TPSA) is 81.7 Å². The number of carbonyl (C=O) groups is 3. The summed E-state index contributed by atoms with van der Waals surface area (Å²) in [7, 11) is 0. The highest BCUT2D eigenvalue weighted by atomic mass is 16.6. The quantitative estimate of drug-likeness (QED) is 0.637. The third kappa shape index (κ3) is 5.64. The van der Waals surface area contributed by atoms with E-state index in [-0.39, 0.29) is 6.61 Å². The minimum absolute atomic E-state index is 0.106. The van der Waals surface area contributed by atoms with Gasteiger partial charge in [0.05, 0.1) is 0 Å². The Balaban J connectivity index is 2.22. The van der Waals surface area contributed by atoms with Gasteiger partial charge in [0.15, 0.2) is 0 Å². The number of nitrogens with one attached hydrogen (secondary N) is 1. The van der Waals surface area contributed by atoms with Gasteiger partial charge in [-0.25, -0.2) is 9.59 Å². The molecule has 6 nitrogen and oxygen atoms in total. The SMILES string of the molecule is CC(=O)OC(=O)CNC(=O)OCc1ccccc1. The Morgan fingerprint density at radius 2 is 1.83 bits per heavy atom. The first-order chi connectivity index (χ1) is 8.58. The zero-order valence-corrected chi connectivity index (χ0v) is 9.84. The first kappa shape index (κ1) is 13.7. The van der Waals surface area contributed by atoms with Gasteiger partial charge in [0.25, 0.3) is 0 Å². The Kier molecular flexibility index (Phi) is 5.37. The van der Waals surface area contributed by atoms with E-state index >= 15 is 0 Å². The van der Waals surface area contributed by atoms with Gasteiger partial charge in [-0.3, -0.25) is 4.79 Å². The molecule has 1 amide bonds. The molecule has 1 rings (SSSR count). The van der Waals surface area contributed by atoms with E-state index in [4.69, 9.17) is 4.74 Å². The van der Waals surface area contributed by atoms with Gasteiger partial charge in [0, 0.05) is 6.92 Å². The van der Waals surface area contributed by atoms with Gasteiger partial charge >= 0.3 is 18.0 Å². The normalized spacial score (nSPS) is 9.39. The van der Waals surface area contributed by atoms with E-state index in [9.17, 15) is 14.4 Å². The van der Waals surface area contributed by atoms with Crippen molar-refractivity contribution in [2.24, 2.45) is 0 Å². The van der Waals surface area contributed by atoms with Crippen molar-refractivity contribution in [1.29, 1.82) is 0 Å². The number of carbonyl (C=O) groups excluding carboxylic acids is 3. The van der Waals surface area contributed by atoms with Crippen molar-refractivity contribution in [3.8, 4) is 0 Å². The predicted octanol–water partition coefficient (Wildman–Crippen LogP) is 1.00. The van der Waals surface area contributed by atoms with E-state index < -0.39 is 24.6 Å². The van der Waals surface area contributed by atoms with Crippen LogP contribution in [-0.4, -0.2) is 24.6 Å². The van der Waals surface area contributed by atoms with Crippen molar-refractivity contribution < 1.29 is 23.9 Å². The van der Waals surface area contributed by atoms with Crippen LogP contribution in [0, 0.1) is 0 Å². The number of esters is 2. The molecule has 0 aliphatic carbocycles. The maximum absolute atomic E-state index is 11.2. The summed E-state index contributed by atoms with van der Waals surface area (Å²) in [5.41, 5.74) is 0.832. The number of ether oxygens (including phenoxy) is 2. The lowest BCUT2D eigenvalue weighted by Crippen LogP contribution is -2.31. The van der Waals surface area contributed by atoms with E-state index in [2.05, 4.69) is 10.1 Å². The van der Waals surface area contributed by atoms with E-state index in [1.807, 2.05) is 18.2 Å². The predicted molar refractivity (Wildman–Crippen MR) is 61.4 cm³/mol. The molecule has 1 aromatic rings. The molecule has 0 aliphatic rings. The molecule has 0 saturated carbocycles. The largest absolute Gasteiger partial charge is 0.445 e. The highest BCUT2D eigenvalue weighted by Crippen LogP contribution is 2.00. The minimum Gasteiger partial charge on any atom is -0.445 e. The maximum Gasteiger partial charge on any atom is 0.407 e. The monoisotopic (exact) mass is 251 g/mol. The third-order valence-electron chi connectivity index (χ3n) is 1.85. The molecule has 0 unspecified atom stereocenters. The average Bonchev–Trinajstić information content (AvgIpc) is 2.34. The second-order valence-corrected chi connectivity index (χ2v) is 3.38. The van der Waals surface area contributed by atoms with Gasteiger partial charge < -0.3 is 14.8 Å². The first-order valence-corrected chi connectivity index (χ1v) is 5.23. The Hall–Kier alpha value is -2.37. The standard InChI is InChI=1S/C12H13NO5/c1-9(14)18-11(15)7-13-12(16)17-8-10-5-3-2-4-6-10/h2-6H,7-8H2,1H3,(H,13,16). The van der Waals surface area contributed by atoms with Crippen LogP contribution in [-0.2, 0) is 25.7 Å². The second-order valence-electron chi connectivity index (χ2n) is 3.38. The molecular weight excluding hydrogens is 238 g/mol. The summed E-state index contributed by atoms with van der Waals surface area (Å²) in [4.78, 5) is 32.5.